The summed E-state index contributed by atoms with van der Waals surface area (Å²) in [5, 5.41) is 7.79. The highest BCUT2D eigenvalue weighted by Gasteiger charge is 2.22. The predicted molar refractivity (Wildman–Crippen MR) is 63.4 cm³/mol. The number of nitrogens with two attached hydrogens (primary N) is 1. The van der Waals surface area contributed by atoms with Gasteiger partial charge in [-0.3, -0.25) is 4.79 Å². The number of carbonyl (C=O) groups is 1. The van der Waals surface area contributed by atoms with Crippen molar-refractivity contribution in [3.63, 3.8) is 0 Å². The molecule has 1 aromatic heterocycles. The average Bonchev–Trinajstić information content (AvgIpc) is 2.68. The Kier molecular flexibility index (Phi) is 4.62. The van der Waals surface area contributed by atoms with Crippen molar-refractivity contribution in [2.24, 2.45) is 11.7 Å². The summed E-state index contributed by atoms with van der Waals surface area (Å²) in [4.78, 5) is 11.2. The minimum atomic E-state index is -0.570. The molecule has 6 heteroatoms. The van der Waals surface area contributed by atoms with Gasteiger partial charge >= 0.3 is 0 Å². The number of hydrogen-bond acceptors (Lipinski definition) is 4. The lowest BCUT2D eigenvalue weighted by Crippen LogP contribution is -2.18. The van der Waals surface area contributed by atoms with Crippen molar-refractivity contribution in [3.05, 3.63) is 11.4 Å². The number of carbonyl (C=O) groups excluding carboxylic acids is 1. The molecular formula is C11H20N4O2. The molecule has 0 aliphatic heterocycles. The summed E-state index contributed by atoms with van der Waals surface area (Å²) in [6, 6.07) is 0. The SMILES string of the molecule is COC(C)c1c(C(N)=O)nnn1CCC(C)C. The van der Waals surface area contributed by atoms with Crippen LogP contribution in [0.3, 0.4) is 0 Å². The molecule has 0 bridgehead atoms. The van der Waals surface area contributed by atoms with E-state index in [0.717, 1.165) is 6.42 Å². The Hall–Kier alpha value is -1.43. The molecule has 0 aromatic carbocycles. The topological polar surface area (TPSA) is 83.0 Å². The summed E-state index contributed by atoms with van der Waals surface area (Å²) in [5.41, 5.74) is 6.12. The van der Waals surface area contributed by atoms with Crippen LogP contribution in [0, 0.1) is 5.92 Å². The van der Waals surface area contributed by atoms with Crippen LogP contribution in [-0.4, -0.2) is 28.0 Å². The average molecular weight is 240 g/mol. The van der Waals surface area contributed by atoms with Gasteiger partial charge in [-0.2, -0.15) is 0 Å². The van der Waals surface area contributed by atoms with Crippen molar-refractivity contribution < 1.29 is 9.53 Å². The van der Waals surface area contributed by atoms with Crippen LogP contribution < -0.4 is 5.73 Å². The zero-order chi connectivity index (χ0) is 13.0. The number of aryl methyl sites for hydroxylation is 1. The third-order valence-corrected chi connectivity index (χ3v) is 2.66. The quantitative estimate of drug-likeness (QED) is 0.808. The highest BCUT2D eigenvalue weighted by molar-refractivity contribution is 5.91. The first kappa shape index (κ1) is 13.6. The second kappa shape index (κ2) is 5.77. The fourth-order valence-electron chi connectivity index (χ4n) is 1.56. The summed E-state index contributed by atoms with van der Waals surface area (Å²) in [5.74, 6) is -0.0124. The molecule has 1 amide bonds. The molecule has 0 aliphatic carbocycles. The van der Waals surface area contributed by atoms with Crippen LogP contribution in [0.25, 0.3) is 0 Å². The van der Waals surface area contributed by atoms with E-state index in [4.69, 9.17) is 10.5 Å². The predicted octanol–water partition coefficient (Wildman–Crippen LogP) is 1.13. The summed E-state index contributed by atoms with van der Waals surface area (Å²) >= 11 is 0. The molecule has 6 nitrogen and oxygen atoms in total. The van der Waals surface area contributed by atoms with E-state index in [1.165, 1.54) is 0 Å². The van der Waals surface area contributed by atoms with Crippen molar-refractivity contribution in [3.8, 4) is 0 Å². The van der Waals surface area contributed by atoms with Gasteiger partial charge in [0.1, 0.15) is 5.69 Å². The zero-order valence-corrected chi connectivity index (χ0v) is 10.8. The number of primary amides is 1. The fraction of sp³-hybridized carbons (Fsp3) is 0.727. The lowest BCUT2D eigenvalue weighted by atomic mass is 10.1. The van der Waals surface area contributed by atoms with Crippen molar-refractivity contribution >= 4 is 5.91 Å². The lowest BCUT2D eigenvalue weighted by molar-refractivity contribution is 0.0960. The Morgan fingerprint density at radius 2 is 2.12 bits per heavy atom. The van der Waals surface area contributed by atoms with Crippen molar-refractivity contribution in [2.75, 3.05) is 7.11 Å². The molecule has 1 rings (SSSR count). The van der Waals surface area contributed by atoms with E-state index >= 15 is 0 Å². The molecule has 17 heavy (non-hydrogen) atoms. The number of ether oxygens (including phenoxy) is 1. The van der Waals surface area contributed by atoms with Gasteiger partial charge in [0, 0.05) is 13.7 Å². The lowest BCUT2D eigenvalue weighted by Gasteiger charge is -2.13. The van der Waals surface area contributed by atoms with Crippen molar-refractivity contribution in [1.29, 1.82) is 0 Å². The van der Waals surface area contributed by atoms with Crippen LogP contribution in [-0.2, 0) is 11.3 Å². The van der Waals surface area contributed by atoms with Crippen LogP contribution in [0.2, 0.25) is 0 Å². The first-order chi connectivity index (χ1) is 7.97. The van der Waals surface area contributed by atoms with E-state index in [2.05, 4.69) is 24.2 Å². The van der Waals surface area contributed by atoms with Gasteiger partial charge in [-0.05, 0) is 19.3 Å². The van der Waals surface area contributed by atoms with Crippen molar-refractivity contribution in [1.82, 2.24) is 15.0 Å². The first-order valence-corrected chi connectivity index (χ1v) is 5.73. The smallest absolute Gasteiger partial charge is 0.271 e. The van der Waals surface area contributed by atoms with Crippen LogP contribution >= 0.6 is 0 Å². The number of aromatic nitrogens is 3. The molecule has 1 aromatic rings. The van der Waals surface area contributed by atoms with E-state index in [1.54, 1.807) is 11.8 Å². The Bertz CT molecular complexity index is 387. The van der Waals surface area contributed by atoms with E-state index in [1.807, 2.05) is 6.92 Å². The normalized spacial score (nSPS) is 13.0. The summed E-state index contributed by atoms with van der Waals surface area (Å²) in [7, 11) is 1.58. The second-order valence-corrected chi connectivity index (χ2v) is 4.47. The molecule has 1 atom stereocenters. The summed E-state index contributed by atoms with van der Waals surface area (Å²) in [6.07, 6.45) is 0.713. The third-order valence-electron chi connectivity index (χ3n) is 2.66. The molecule has 0 spiro atoms. The number of methoxy groups -OCH3 is 1. The standard InChI is InChI=1S/C11H20N4O2/c1-7(2)5-6-15-10(8(3)17-4)9(11(12)16)13-14-15/h7-8H,5-6H2,1-4H3,(H2,12,16). The molecule has 96 valence electrons. The van der Waals surface area contributed by atoms with Crippen LogP contribution in [0.5, 0.6) is 0 Å². The van der Waals surface area contributed by atoms with Gasteiger partial charge in [0.2, 0.25) is 0 Å². The maximum atomic E-state index is 11.2. The molecule has 1 heterocycles. The highest BCUT2D eigenvalue weighted by atomic mass is 16.5. The fourth-order valence-corrected chi connectivity index (χ4v) is 1.56. The minimum absolute atomic E-state index is 0.197. The Morgan fingerprint density at radius 1 is 1.47 bits per heavy atom. The maximum absolute atomic E-state index is 11.2. The molecular weight excluding hydrogens is 220 g/mol. The van der Waals surface area contributed by atoms with E-state index < -0.39 is 5.91 Å². The summed E-state index contributed by atoms with van der Waals surface area (Å²) < 4.78 is 6.93. The first-order valence-electron chi connectivity index (χ1n) is 5.73. The number of rotatable bonds is 6. The number of hydrogen-bond donors (Lipinski definition) is 1. The Labute approximate surface area is 101 Å². The molecule has 2 N–H and O–H groups in total. The number of amides is 1. The monoisotopic (exact) mass is 240 g/mol. The van der Waals surface area contributed by atoms with Crippen LogP contribution in [0.15, 0.2) is 0 Å². The van der Waals surface area contributed by atoms with Gasteiger partial charge in [-0.15, -0.1) is 5.10 Å². The van der Waals surface area contributed by atoms with Gasteiger partial charge in [0.25, 0.3) is 5.91 Å². The molecule has 0 saturated heterocycles. The highest BCUT2D eigenvalue weighted by Crippen LogP contribution is 2.19. The molecule has 0 fully saturated rings. The molecule has 0 aliphatic rings. The van der Waals surface area contributed by atoms with Crippen molar-refractivity contribution in [2.45, 2.75) is 39.8 Å². The van der Waals surface area contributed by atoms with Gasteiger partial charge in [-0.25, -0.2) is 4.68 Å². The van der Waals surface area contributed by atoms with Gasteiger partial charge in [0.15, 0.2) is 5.69 Å². The van der Waals surface area contributed by atoms with Gasteiger partial charge in [0.05, 0.1) is 6.10 Å². The molecule has 0 saturated carbocycles. The maximum Gasteiger partial charge on any atom is 0.271 e. The van der Waals surface area contributed by atoms with E-state index in [-0.39, 0.29) is 11.8 Å². The largest absolute Gasteiger partial charge is 0.375 e. The Balaban J connectivity index is 3.00. The summed E-state index contributed by atoms with van der Waals surface area (Å²) in [6.45, 7) is 6.81. The number of nitrogens with zero attached hydrogens (tertiary/aromatic N) is 3. The van der Waals surface area contributed by atoms with Crippen LogP contribution in [0.1, 0.15) is 49.5 Å². The minimum Gasteiger partial charge on any atom is -0.375 e. The molecule has 0 radical (unpaired) electrons. The zero-order valence-electron chi connectivity index (χ0n) is 10.8. The van der Waals surface area contributed by atoms with Crippen LogP contribution in [0.4, 0.5) is 0 Å². The third kappa shape index (κ3) is 3.26. The Morgan fingerprint density at radius 3 is 2.59 bits per heavy atom. The molecule has 1 unspecified atom stereocenters. The van der Waals surface area contributed by atoms with E-state index in [0.29, 0.717) is 18.2 Å². The van der Waals surface area contributed by atoms with Gasteiger partial charge in [-0.1, -0.05) is 19.1 Å². The van der Waals surface area contributed by atoms with Gasteiger partial charge < -0.3 is 10.5 Å². The second-order valence-electron chi connectivity index (χ2n) is 4.47. The van der Waals surface area contributed by atoms with E-state index in [9.17, 15) is 4.79 Å².